The lowest BCUT2D eigenvalue weighted by molar-refractivity contribution is -0.124. The lowest BCUT2D eigenvalue weighted by atomic mass is 10.2. The zero-order valence-electron chi connectivity index (χ0n) is 4.88. The SMILES string of the molecule is O=C1N=[C-]OC1CC(F)F. The van der Waals surface area contributed by atoms with Crippen molar-refractivity contribution in [3.63, 3.8) is 0 Å². The first kappa shape index (κ1) is 7.11. The Bertz CT molecular complexity index is 169. The van der Waals surface area contributed by atoms with Crippen LogP contribution in [0.1, 0.15) is 6.42 Å². The number of rotatable bonds is 2. The Balaban J connectivity index is 2.37. The predicted molar refractivity (Wildman–Crippen MR) is 27.9 cm³/mol. The van der Waals surface area contributed by atoms with Crippen molar-refractivity contribution < 1.29 is 18.3 Å². The van der Waals surface area contributed by atoms with Gasteiger partial charge in [0.05, 0.1) is 6.10 Å². The molecule has 0 fully saturated rings. The van der Waals surface area contributed by atoms with E-state index in [-0.39, 0.29) is 0 Å². The number of amides is 1. The summed E-state index contributed by atoms with van der Waals surface area (Å²) in [5, 5.41) is 0. The van der Waals surface area contributed by atoms with Crippen LogP contribution in [-0.4, -0.2) is 24.8 Å². The Morgan fingerprint density at radius 3 is 2.90 bits per heavy atom. The molecular formula is C5H4F2NO2-. The summed E-state index contributed by atoms with van der Waals surface area (Å²) in [6.45, 7) is 0. The van der Waals surface area contributed by atoms with Crippen LogP contribution in [0.25, 0.3) is 0 Å². The summed E-state index contributed by atoms with van der Waals surface area (Å²) in [6.07, 6.45) is -2.38. The first-order valence-electron chi connectivity index (χ1n) is 2.63. The second-order valence-corrected chi connectivity index (χ2v) is 1.77. The molecule has 0 aliphatic carbocycles. The third kappa shape index (κ3) is 1.49. The standard InChI is InChI=1S/C5H4F2NO2/c6-4(7)1-3-5(9)8-2-10-3/h3-4H,1H2/q-1. The molecule has 0 bridgehead atoms. The molecule has 0 spiro atoms. The molecule has 56 valence electrons. The minimum atomic E-state index is -2.54. The van der Waals surface area contributed by atoms with E-state index in [9.17, 15) is 13.6 Å². The Hall–Kier alpha value is -1.00. The van der Waals surface area contributed by atoms with Gasteiger partial charge in [-0.25, -0.2) is 8.78 Å². The van der Waals surface area contributed by atoms with Crippen LogP contribution in [0.3, 0.4) is 0 Å². The molecule has 1 heterocycles. The van der Waals surface area contributed by atoms with Gasteiger partial charge in [0.2, 0.25) is 6.43 Å². The van der Waals surface area contributed by atoms with Crippen LogP contribution in [0.15, 0.2) is 4.99 Å². The van der Waals surface area contributed by atoms with Crippen molar-refractivity contribution in [2.24, 2.45) is 4.99 Å². The van der Waals surface area contributed by atoms with E-state index >= 15 is 0 Å². The predicted octanol–water partition coefficient (Wildman–Crippen LogP) is 0.472. The topological polar surface area (TPSA) is 38.7 Å². The average Bonchev–Trinajstić information content (AvgIpc) is 2.15. The summed E-state index contributed by atoms with van der Waals surface area (Å²) in [5.41, 5.74) is 0. The molecule has 1 amide bonds. The highest BCUT2D eigenvalue weighted by molar-refractivity contribution is 5.91. The number of hydrogen-bond donors (Lipinski definition) is 0. The maximum absolute atomic E-state index is 11.6. The molecule has 0 aromatic carbocycles. The van der Waals surface area contributed by atoms with E-state index in [1.807, 2.05) is 6.40 Å². The monoisotopic (exact) mass is 148 g/mol. The number of alkyl halides is 2. The molecule has 1 rings (SSSR count). The lowest BCUT2D eigenvalue weighted by Gasteiger charge is -2.12. The van der Waals surface area contributed by atoms with Gasteiger partial charge in [-0.1, -0.05) is 0 Å². The van der Waals surface area contributed by atoms with Crippen molar-refractivity contribution in [2.75, 3.05) is 0 Å². The van der Waals surface area contributed by atoms with Gasteiger partial charge in [0.15, 0.2) is 0 Å². The Morgan fingerprint density at radius 1 is 1.80 bits per heavy atom. The van der Waals surface area contributed by atoms with Crippen molar-refractivity contribution in [3.8, 4) is 0 Å². The van der Waals surface area contributed by atoms with Crippen molar-refractivity contribution in [1.82, 2.24) is 0 Å². The van der Waals surface area contributed by atoms with Gasteiger partial charge in [0, 0.05) is 12.8 Å². The van der Waals surface area contributed by atoms with E-state index in [2.05, 4.69) is 9.73 Å². The highest BCUT2D eigenvalue weighted by atomic mass is 19.3. The molecule has 1 aliphatic rings. The normalized spacial score (nSPS) is 23.9. The van der Waals surface area contributed by atoms with Crippen molar-refractivity contribution in [1.29, 1.82) is 0 Å². The molecule has 0 aromatic rings. The molecule has 10 heavy (non-hydrogen) atoms. The van der Waals surface area contributed by atoms with Gasteiger partial charge in [-0.05, 0) is 0 Å². The summed E-state index contributed by atoms with van der Waals surface area (Å²) in [7, 11) is 0. The highest BCUT2D eigenvalue weighted by Crippen LogP contribution is 2.11. The fourth-order valence-corrected chi connectivity index (χ4v) is 0.568. The summed E-state index contributed by atoms with van der Waals surface area (Å²) >= 11 is 0. The maximum atomic E-state index is 11.6. The number of hydrogen-bond acceptors (Lipinski definition) is 2. The van der Waals surface area contributed by atoms with E-state index in [1.165, 1.54) is 0 Å². The Labute approximate surface area is 55.7 Å². The first-order chi connectivity index (χ1) is 4.70. The number of ether oxygens (including phenoxy) is 1. The molecular weight excluding hydrogens is 144 g/mol. The van der Waals surface area contributed by atoms with Crippen molar-refractivity contribution in [3.05, 3.63) is 0 Å². The second kappa shape index (κ2) is 2.72. The van der Waals surface area contributed by atoms with Gasteiger partial charge in [0.25, 0.3) is 0 Å². The molecule has 0 radical (unpaired) electrons. The number of carbonyl (C=O) groups is 1. The van der Waals surface area contributed by atoms with E-state index in [1.54, 1.807) is 0 Å². The molecule has 0 aromatic heterocycles. The van der Waals surface area contributed by atoms with Gasteiger partial charge in [-0.15, -0.1) is 0 Å². The Kier molecular flexibility index (Phi) is 1.94. The minimum absolute atomic E-state index is 0.602. The van der Waals surface area contributed by atoms with E-state index < -0.39 is 24.9 Å². The van der Waals surface area contributed by atoms with E-state index in [0.717, 1.165) is 0 Å². The Morgan fingerprint density at radius 2 is 2.50 bits per heavy atom. The number of aliphatic imine (C=N–C) groups is 1. The zero-order valence-corrected chi connectivity index (χ0v) is 4.88. The number of carbonyl (C=O) groups excluding carboxylic acids is 1. The van der Waals surface area contributed by atoms with Gasteiger partial charge in [-0.3, -0.25) is 0 Å². The second-order valence-electron chi connectivity index (χ2n) is 1.77. The molecule has 0 N–H and O–H groups in total. The molecule has 0 saturated carbocycles. The maximum Gasteiger partial charge on any atom is 0.241 e. The van der Waals surface area contributed by atoms with Crippen LogP contribution in [0, 0.1) is 0 Å². The summed E-state index contributed by atoms with van der Waals surface area (Å²) in [5.74, 6) is -0.680. The minimum Gasteiger partial charge on any atom is -0.578 e. The fourth-order valence-electron chi connectivity index (χ4n) is 0.568. The molecule has 0 saturated heterocycles. The van der Waals surface area contributed by atoms with Gasteiger partial charge in [0.1, 0.15) is 5.91 Å². The molecule has 5 heteroatoms. The first-order valence-corrected chi connectivity index (χ1v) is 2.63. The van der Waals surface area contributed by atoms with Gasteiger partial charge in [-0.2, -0.15) is 0 Å². The van der Waals surface area contributed by atoms with Crippen LogP contribution in [-0.2, 0) is 9.53 Å². The number of nitrogens with zero attached hydrogens (tertiary/aromatic N) is 1. The van der Waals surface area contributed by atoms with Crippen molar-refractivity contribution >= 4 is 12.3 Å². The third-order valence-corrected chi connectivity index (χ3v) is 1.02. The van der Waals surface area contributed by atoms with Crippen LogP contribution >= 0.6 is 0 Å². The molecule has 1 unspecified atom stereocenters. The summed E-state index contributed by atoms with van der Waals surface area (Å²) in [6, 6.07) is 0. The number of halogens is 2. The summed E-state index contributed by atoms with van der Waals surface area (Å²) in [4.78, 5) is 13.4. The van der Waals surface area contributed by atoms with Gasteiger partial charge < -0.3 is 14.5 Å². The molecule has 1 atom stereocenters. The largest absolute Gasteiger partial charge is 0.578 e. The van der Waals surface area contributed by atoms with Crippen LogP contribution in [0.4, 0.5) is 8.78 Å². The average molecular weight is 148 g/mol. The van der Waals surface area contributed by atoms with E-state index in [4.69, 9.17) is 0 Å². The van der Waals surface area contributed by atoms with Gasteiger partial charge >= 0.3 is 0 Å². The molecule has 3 nitrogen and oxygen atoms in total. The summed E-state index contributed by atoms with van der Waals surface area (Å²) < 4.78 is 27.4. The molecule has 1 aliphatic heterocycles. The zero-order chi connectivity index (χ0) is 7.56. The quantitative estimate of drug-likeness (QED) is 0.534. The lowest BCUT2D eigenvalue weighted by Crippen LogP contribution is -2.19. The van der Waals surface area contributed by atoms with E-state index in [0.29, 0.717) is 0 Å². The fraction of sp³-hybridized carbons (Fsp3) is 0.600. The van der Waals surface area contributed by atoms with Crippen LogP contribution in [0.2, 0.25) is 0 Å². The third-order valence-electron chi connectivity index (χ3n) is 1.02. The van der Waals surface area contributed by atoms with Crippen LogP contribution < -0.4 is 0 Å². The smallest absolute Gasteiger partial charge is 0.241 e. The van der Waals surface area contributed by atoms with Crippen molar-refractivity contribution in [2.45, 2.75) is 19.0 Å². The highest BCUT2D eigenvalue weighted by Gasteiger charge is 2.17. The van der Waals surface area contributed by atoms with Crippen LogP contribution in [0.5, 0.6) is 0 Å².